The maximum Gasteiger partial charge on any atom is 0.261 e. The molecule has 148 valence electrons. The van der Waals surface area contributed by atoms with Crippen molar-refractivity contribution in [2.24, 2.45) is 0 Å². The highest BCUT2D eigenvalue weighted by Crippen LogP contribution is 2.31. The van der Waals surface area contributed by atoms with Gasteiger partial charge in [0.1, 0.15) is 0 Å². The first kappa shape index (κ1) is 19.1. The molecule has 0 atom stereocenters. The Bertz CT molecular complexity index is 1020. The number of amides is 3. The van der Waals surface area contributed by atoms with Crippen molar-refractivity contribution in [3.63, 3.8) is 0 Å². The van der Waals surface area contributed by atoms with E-state index in [1.807, 2.05) is 0 Å². The molecule has 0 spiro atoms. The second kappa shape index (κ2) is 7.62. The summed E-state index contributed by atoms with van der Waals surface area (Å²) in [6, 6.07) is 11.2. The highest BCUT2D eigenvalue weighted by molar-refractivity contribution is 6.22. The van der Waals surface area contributed by atoms with E-state index in [0.29, 0.717) is 22.4 Å². The number of nitrogens with zero attached hydrogens (tertiary/aromatic N) is 1. The highest BCUT2D eigenvalue weighted by Gasteiger charge is 2.40. The summed E-state index contributed by atoms with van der Waals surface area (Å²) in [6.45, 7) is 1.46. The van der Waals surface area contributed by atoms with Gasteiger partial charge in [0.15, 0.2) is 5.78 Å². The minimum atomic E-state index is -0.398. The fourth-order valence-electron chi connectivity index (χ4n) is 4.09. The number of Topliss-reactive ketones (excluding diaryl/α,β-unsaturated/α-hetero) is 1. The minimum absolute atomic E-state index is 0.0530. The van der Waals surface area contributed by atoms with Crippen LogP contribution in [0.3, 0.4) is 0 Å². The van der Waals surface area contributed by atoms with Crippen molar-refractivity contribution in [1.82, 2.24) is 4.90 Å². The van der Waals surface area contributed by atoms with Crippen LogP contribution >= 0.6 is 0 Å². The molecule has 0 unspecified atom stereocenters. The van der Waals surface area contributed by atoms with Gasteiger partial charge in [-0.1, -0.05) is 31.4 Å². The average molecular weight is 390 g/mol. The Hall–Kier alpha value is -3.28. The van der Waals surface area contributed by atoms with E-state index in [1.54, 1.807) is 36.4 Å². The Morgan fingerprint density at radius 2 is 1.62 bits per heavy atom. The molecule has 6 nitrogen and oxygen atoms in total. The molecule has 0 radical (unpaired) electrons. The van der Waals surface area contributed by atoms with Crippen LogP contribution < -0.4 is 5.32 Å². The largest absolute Gasteiger partial charge is 0.322 e. The SMILES string of the molecule is CC(=O)c1cccc(NC(=O)c2ccc3c(c2)C(=O)N(C2CCCCC2)C3=O)c1. The third-order valence-electron chi connectivity index (χ3n) is 5.65. The first-order chi connectivity index (χ1) is 14.0. The second-order valence-corrected chi connectivity index (χ2v) is 7.62. The van der Waals surface area contributed by atoms with Crippen LogP contribution in [0.25, 0.3) is 0 Å². The van der Waals surface area contributed by atoms with Crippen LogP contribution in [0, 0.1) is 0 Å². The number of hydrogen-bond donors (Lipinski definition) is 1. The number of fused-ring (bicyclic) bond motifs is 1. The number of rotatable bonds is 4. The van der Waals surface area contributed by atoms with Crippen LogP contribution in [-0.2, 0) is 0 Å². The second-order valence-electron chi connectivity index (χ2n) is 7.62. The zero-order valence-electron chi connectivity index (χ0n) is 16.2. The number of nitrogens with one attached hydrogen (secondary N) is 1. The number of anilines is 1. The van der Waals surface area contributed by atoms with Gasteiger partial charge in [-0.3, -0.25) is 24.1 Å². The van der Waals surface area contributed by atoms with Gasteiger partial charge in [0.25, 0.3) is 17.7 Å². The highest BCUT2D eigenvalue weighted by atomic mass is 16.2. The number of carbonyl (C=O) groups excluding carboxylic acids is 4. The predicted molar refractivity (Wildman–Crippen MR) is 108 cm³/mol. The van der Waals surface area contributed by atoms with Gasteiger partial charge in [0, 0.05) is 22.9 Å². The van der Waals surface area contributed by atoms with Gasteiger partial charge in [0.05, 0.1) is 11.1 Å². The molecule has 1 N–H and O–H groups in total. The maximum absolute atomic E-state index is 12.9. The Morgan fingerprint density at radius 3 is 2.34 bits per heavy atom. The van der Waals surface area contributed by atoms with Crippen molar-refractivity contribution in [1.29, 1.82) is 0 Å². The number of carbonyl (C=O) groups is 4. The Kier molecular flexibility index (Phi) is 5.01. The molecular formula is C23H22N2O4. The number of benzene rings is 2. The summed E-state index contributed by atoms with van der Waals surface area (Å²) in [4.78, 5) is 51.2. The lowest BCUT2D eigenvalue weighted by Gasteiger charge is -2.29. The smallest absolute Gasteiger partial charge is 0.261 e. The molecule has 2 aliphatic rings. The quantitative estimate of drug-likeness (QED) is 0.630. The van der Waals surface area contributed by atoms with E-state index in [0.717, 1.165) is 32.1 Å². The van der Waals surface area contributed by atoms with Crippen molar-refractivity contribution >= 4 is 29.2 Å². The third-order valence-corrected chi connectivity index (χ3v) is 5.65. The Morgan fingerprint density at radius 1 is 0.897 bits per heavy atom. The minimum Gasteiger partial charge on any atom is -0.322 e. The lowest BCUT2D eigenvalue weighted by Crippen LogP contribution is -2.40. The van der Waals surface area contributed by atoms with Crippen LogP contribution in [-0.4, -0.2) is 34.4 Å². The van der Waals surface area contributed by atoms with Gasteiger partial charge in [0.2, 0.25) is 0 Å². The maximum atomic E-state index is 12.9. The van der Waals surface area contributed by atoms with Crippen molar-refractivity contribution in [2.45, 2.75) is 45.1 Å². The predicted octanol–water partition coefficient (Wildman–Crippen LogP) is 4.07. The molecule has 29 heavy (non-hydrogen) atoms. The van der Waals surface area contributed by atoms with Crippen LogP contribution in [0.5, 0.6) is 0 Å². The molecule has 4 rings (SSSR count). The summed E-state index contributed by atoms with van der Waals surface area (Å²) in [5, 5.41) is 2.74. The standard InChI is InChI=1S/C23H22N2O4/c1-14(26)15-6-5-7-17(12-15)24-21(27)16-10-11-19-20(13-16)23(29)25(22(19)28)18-8-3-2-4-9-18/h5-7,10-13,18H,2-4,8-9H2,1H3,(H,24,27). The van der Waals surface area contributed by atoms with E-state index in [1.165, 1.54) is 17.9 Å². The van der Waals surface area contributed by atoms with E-state index < -0.39 is 5.91 Å². The van der Waals surface area contributed by atoms with Crippen LogP contribution in [0.4, 0.5) is 5.69 Å². The monoisotopic (exact) mass is 390 g/mol. The fraction of sp³-hybridized carbons (Fsp3) is 0.304. The first-order valence-electron chi connectivity index (χ1n) is 9.90. The molecule has 1 aliphatic carbocycles. The molecule has 0 aromatic heterocycles. The molecular weight excluding hydrogens is 368 g/mol. The summed E-state index contributed by atoms with van der Waals surface area (Å²) in [6.07, 6.45) is 4.85. The van der Waals surface area contributed by atoms with Crippen LogP contribution in [0.2, 0.25) is 0 Å². The van der Waals surface area contributed by atoms with E-state index in [4.69, 9.17) is 0 Å². The molecule has 1 saturated carbocycles. The van der Waals surface area contributed by atoms with Crippen LogP contribution in [0.1, 0.15) is 80.5 Å². The molecule has 2 aromatic carbocycles. The first-order valence-corrected chi connectivity index (χ1v) is 9.90. The third kappa shape index (κ3) is 3.58. The Labute approximate surface area is 168 Å². The van der Waals surface area contributed by atoms with E-state index in [2.05, 4.69) is 5.32 Å². The molecule has 2 aromatic rings. The lowest BCUT2D eigenvalue weighted by molar-refractivity contribution is 0.0548. The summed E-state index contributed by atoms with van der Waals surface area (Å²) >= 11 is 0. The number of imide groups is 1. The Balaban J connectivity index is 1.56. The summed E-state index contributed by atoms with van der Waals surface area (Å²) in [5.74, 6) is -1.07. The van der Waals surface area contributed by atoms with Gasteiger partial charge in [-0.25, -0.2) is 0 Å². The van der Waals surface area contributed by atoms with E-state index in [9.17, 15) is 19.2 Å². The summed E-state index contributed by atoms with van der Waals surface area (Å²) in [5.41, 5.74) is 1.93. The van der Waals surface area contributed by atoms with Crippen molar-refractivity contribution in [3.8, 4) is 0 Å². The molecule has 0 saturated heterocycles. The van der Waals surface area contributed by atoms with Gasteiger partial charge in [-0.2, -0.15) is 0 Å². The lowest BCUT2D eigenvalue weighted by atomic mass is 9.94. The van der Waals surface area contributed by atoms with Gasteiger partial charge in [-0.15, -0.1) is 0 Å². The molecule has 6 heteroatoms. The summed E-state index contributed by atoms with van der Waals surface area (Å²) < 4.78 is 0. The van der Waals surface area contributed by atoms with Crippen molar-refractivity contribution in [2.75, 3.05) is 5.32 Å². The molecule has 3 amide bonds. The van der Waals surface area contributed by atoms with Gasteiger partial charge >= 0.3 is 0 Å². The zero-order chi connectivity index (χ0) is 20.5. The van der Waals surface area contributed by atoms with E-state index in [-0.39, 0.29) is 29.2 Å². The van der Waals surface area contributed by atoms with Crippen molar-refractivity contribution in [3.05, 3.63) is 64.7 Å². The molecule has 1 heterocycles. The number of ketones is 1. The summed E-state index contributed by atoms with van der Waals surface area (Å²) in [7, 11) is 0. The average Bonchev–Trinajstić information content (AvgIpc) is 2.98. The van der Waals surface area contributed by atoms with Gasteiger partial charge < -0.3 is 5.32 Å². The topological polar surface area (TPSA) is 83.6 Å². The molecule has 1 fully saturated rings. The molecule has 1 aliphatic heterocycles. The van der Waals surface area contributed by atoms with Crippen molar-refractivity contribution < 1.29 is 19.2 Å². The van der Waals surface area contributed by atoms with Gasteiger partial charge in [-0.05, 0) is 50.1 Å². The number of hydrogen-bond acceptors (Lipinski definition) is 4. The molecule has 0 bridgehead atoms. The van der Waals surface area contributed by atoms with E-state index >= 15 is 0 Å². The van der Waals surface area contributed by atoms with Crippen LogP contribution in [0.15, 0.2) is 42.5 Å². The fourth-order valence-corrected chi connectivity index (χ4v) is 4.09. The normalized spacial score (nSPS) is 16.7. The zero-order valence-corrected chi connectivity index (χ0v) is 16.2.